The summed E-state index contributed by atoms with van der Waals surface area (Å²) in [6, 6.07) is 30.8. The molecule has 0 aliphatic carbocycles. The molecular weight excluding hydrogens is 591 g/mol. The normalized spacial score (nSPS) is 13.2. The molecule has 0 atom stereocenters. The van der Waals surface area contributed by atoms with Crippen LogP contribution >= 0.6 is 11.3 Å². The molecule has 2 heterocycles. The van der Waals surface area contributed by atoms with Crippen LogP contribution < -0.4 is 14.2 Å². The average molecular weight is 626 g/mol. The summed E-state index contributed by atoms with van der Waals surface area (Å²) in [6.07, 6.45) is 6.69. The highest BCUT2D eigenvalue weighted by Gasteiger charge is 2.19. The Balaban J connectivity index is 1.25. The fraction of sp³-hybridized carbons (Fsp3) is 0.222. The van der Waals surface area contributed by atoms with Crippen molar-refractivity contribution in [2.45, 2.75) is 31.3 Å². The van der Waals surface area contributed by atoms with Gasteiger partial charge in [-0.3, -0.25) is 0 Å². The molecule has 1 aliphatic rings. The molecule has 44 heavy (non-hydrogen) atoms. The number of thiophene rings is 1. The van der Waals surface area contributed by atoms with Crippen LogP contribution in [0.5, 0.6) is 23.0 Å². The van der Waals surface area contributed by atoms with E-state index in [-0.39, 0.29) is 5.75 Å². The molecule has 0 N–H and O–H groups in total. The minimum atomic E-state index is -3.30. The number of benzene rings is 4. The maximum atomic E-state index is 12.4. The van der Waals surface area contributed by atoms with Crippen molar-refractivity contribution in [3.05, 3.63) is 115 Å². The van der Waals surface area contributed by atoms with Gasteiger partial charge in [-0.1, -0.05) is 55.5 Å². The summed E-state index contributed by atoms with van der Waals surface area (Å²) in [5, 5.41) is 0.956. The van der Waals surface area contributed by atoms with Gasteiger partial charge in [0.25, 0.3) is 0 Å². The number of fused-ring (bicyclic) bond motifs is 1. The van der Waals surface area contributed by atoms with E-state index >= 15 is 0 Å². The lowest BCUT2D eigenvalue weighted by Crippen LogP contribution is -2.26. The maximum absolute atomic E-state index is 12.4. The summed E-state index contributed by atoms with van der Waals surface area (Å²) in [6.45, 7) is 4.67. The van der Waals surface area contributed by atoms with Gasteiger partial charge >= 0.3 is 0 Å². The van der Waals surface area contributed by atoms with Gasteiger partial charge < -0.3 is 19.1 Å². The van der Waals surface area contributed by atoms with Crippen LogP contribution in [0.15, 0.2) is 114 Å². The van der Waals surface area contributed by atoms with Gasteiger partial charge in [0.1, 0.15) is 30.5 Å². The zero-order valence-corrected chi connectivity index (χ0v) is 26.3. The maximum Gasteiger partial charge on any atom is 0.178 e. The second-order valence-electron chi connectivity index (χ2n) is 10.6. The SMILES string of the molecule is CCS(=O)(=O)c1ccc(-c2sc3cc(OCc4ccccc4)ccc3c2Oc2ccc(OCCN3C=CCCC3)cc2)cc1. The molecule has 1 aromatic heterocycles. The molecule has 0 amide bonds. The van der Waals surface area contributed by atoms with Crippen LogP contribution in [0.2, 0.25) is 0 Å². The second kappa shape index (κ2) is 13.6. The molecule has 4 aromatic carbocycles. The second-order valence-corrected chi connectivity index (χ2v) is 13.9. The summed E-state index contributed by atoms with van der Waals surface area (Å²) in [4.78, 5) is 3.51. The largest absolute Gasteiger partial charge is 0.492 e. The first-order chi connectivity index (χ1) is 21.5. The highest BCUT2D eigenvalue weighted by molar-refractivity contribution is 7.91. The molecule has 0 saturated carbocycles. The van der Waals surface area contributed by atoms with E-state index in [4.69, 9.17) is 14.2 Å². The zero-order chi connectivity index (χ0) is 30.4. The van der Waals surface area contributed by atoms with Gasteiger partial charge in [0.15, 0.2) is 15.6 Å². The molecule has 0 bridgehead atoms. The van der Waals surface area contributed by atoms with E-state index in [0.717, 1.165) is 62.8 Å². The lowest BCUT2D eigenvalue weighted by Gasteiger charge is -2.23. The predicted molar refractivity (Wildman–Crippen MR) is 178 cm³/mol. The minimum Gasteiger partial charge on any atom is -0.492 e. The summed E-state index contributed by atoms with van der Waals surface area (Å²) in [5.74, 6) is 3.03. The van der Waals surface area contributed by atoms with E-state index in [0.29, 0.717) is 23.9 Å². The number of sulfone groups is 1. The Morgan fingerprint density at radius 2 is 1.59 bits per heavy atom. The third-order valence-corrected chi connectivity index (χ3v) is 10.5. The van der Waals surface area contributed by atoms with Crippen molar-refractivity contribution in [2.24, 2.45) is 0 Å². The van der Waals surface area contributed by atoms with Crippen molar-refractivity contribution in [3.8, 4) is 33.4 Å². The van der Waals surface area contributed by atoms with Gasteiger partial charge in [-0.15, -0.1) is 11.3 Å². The Bertz CT molecular complexity index is 1830. The summed E-state index contributed by atoms with van der Waals surface area (Å²) < 4.78 is 44.5. The van der Waals surface area contributed by atoms with Gasteiger partial charge in [0, 0.05) is 16.6 Å². The Morgan fingerprint density at radius 1 is 0.841 bits per heavy atom. The highest BCUT2D eigenvalue weighted by atomic mass is 32.2. The van der Waals surface area contributed by atoms with E-state index in [9.17, 15) is 8.42 Å². The van der Waals surface area contributed by atoms with Crippen molar-refractivity contribution >= 4 is 31.3 Å². The summed E-state index contributed by atoms with van der Waals surface area (Å²) in [7, 11) is -3.30. The molecule has 5 aromatic rings. The van der Waals surface area contributed by atoms with E-state index < -0.39 is 9.84 Å². The molecule has 226 valence electrons. The highest BCUT2D eigenvalue weighted by Crippen LogP contribution is 2.47. The zero-order valence-electron chi connectivity index (χ0n) is 24.6. The molecule has 0 fully saturated rings. The molecule has 0 spiro atoms. The van der Waals surface area contributed by atoms with E-state index in [1.807, 2.05) is 84.9 Å². The fourth-order valence-electron chi connectivity index (χ4n) is 5.05. The predicted octanol–water partition coefficient (Wildman–Crippen LogP) is 8.72. The molecular formula is C36H35NO5S2. The molecule has 0 radical (unpaired) electrons. The number of ether oxygens (including phenoxy) is 3. The monoisotopic (exact) mass is 625 g/mol. The molecule has 8 heteroatoms. The van der Waals surface area contributed by atoms with E-state index in [2.05, 4.69) is 17.2 Å². The van der Waals surface area contributed by atoms with Gasteiger partial charge in [-0.25, -0.2) is 8.42 Å². The average Bonchev–Trinajstić information content (AvgIpc) is 3.43. The topological polar surface area (TPSA) is 65.1 Å². The number of nitrogens with zero attached hydrogens (tertiary/aromatic N) is 1. The smallest absolute Gasteiger partial charge is 0.178 e. The first-order valence-electron chi connectivity index (χ1n) is 14.9. The Labute approximate surface area is 263 Å². The Kier molecular flexibility index (Phi) is 9.19. The van der Waals surface area contributed by atoms with Crippen molar-refractivity contribution < 1.29 is 22.6 Å². The van der Waals surface area contributed by atoms with Crippen LogP contribution in [0.1, 0.15) is 25.3 Å². The third kappa shape index (κ3) is 7.09. The Morgan fingerprint density at radius 3 is 2.32 bits per heavy atom. The van der Waals surface area contributed by atoms with Crippen molar-refractivity contribution in [2.75, 3.05) is 25.4 Å². The van der Waals surface area contributed by atoms with Crippen molar-refractivity contribution in [3.63, 3.8) is 0 Å². The number of hydrogen-bond acceptors (Lipinski definition) is 7. The molecule has 6 rings (SSSR count). The minimum absolute atomic E-state index is 0.0599. The quantitative estimate of drug-likeness (QED) is 0.138. The van der Waals surface area contributed by atoms with Gasteiger partial charge in [0.2, 0.25) is 0 Å². The van der Waals surface area contributed by atoms with Crippen LogP contribution in [-0.4, -0.2) is 38.8 Å². The van der Waals surface area contributed by atoms with Crippen LogP contribution in [0, 0.1) is 0 Å². The van der Waals surface area contributed by atoms with Crippen molar-refractivity contribution in [1.82, 2.24) is 4.90 Å². The van der Waals surface area contributed by atoms with Gasteiger partial charge in [0.05, 0.1) is 22.1 Å². The van der Waals surface area contributed by atoms with Crippen LogP contribution in [0.3, 0.4) is 0 Å². The van der Waals surface area contributed by atoms with Gasteiger partial charge in [-0.2, -0.15) is 0 Å². The third-order valence-electron chi connectivity index (χ3n) is 7.54. The summed E-state index contributed by atoms with van der Waals surface area (Å²) >= 11 is 1.59. The molecule has 0 saturated heterocycles. The molecule has 0 unspecified atom stereocenters. The fourth-order valence-corrected chi connectivity index (χ4v) is 7.10. The van der Waals surface area contributed by atoms with E-state index in [1.54, 1.807) is 30.4 Å². The molecule has 1 aliphatic heterocycles. The van der Waals surface area contributed by atoms with Crippen LogP contribution in [0.4, 0.5) is 0 Å². The number of hydrogen-bond donors (Lipinski definition) is 0. The lowest BCUT2D eigenvalue weighted by atomic mass is 10.1. The first-order valence-corrected chi connectivity index (χ1v) is 17.3. The first kappa shape index (κ1) is 29.8. The lowest BCUT2D eigenvalue weighted by molar-refractivity contribution is 0.248. The van der Waals surface area contributed by atoms with E-state index in [1.165, 1.54) is 6.42 Å². The molecule has 6 nitrogen and oxygen atoms in total. The van der Waals surface area contributed by atoms with Crippen LogP contribution in [0.25, 0.3) is 20.5 Å². The summed E-state index contributed by atoms with van der Waals surface area (Å²) in [5.41, 5.74) is 1.98. The number of rotatable bonds is 12. The standard InChI is InChI=1S/C36H35NO5S2/c1-2-44(38,39)32-18-11-28(12-19-32)36-35(33-20-17-31(25-34(33)43-36)41-26-27-9-5-3-6-10-27)42-30-15-13-29(14-16-30)40-24-23-37-21-7-4-8-22-37/h3,5-7,9-21,25H,2,4,8,22-24,26H2,1H3. The van der Waals surface area contributed by atoms with Crippen molar-refractivity contribution in [1.29, 1.82) is 0 Å². The Hall–Kier alpha value is -4.27. The van der Waals surface area contributed by atoms with Gasteiger partial charge in [-0.05, 0) is 84.8 Å². The van der Waals surface area contributed by atoms with Crippen LogP contribution in [-0.2, 0) is 16.4 Å². The number of allylic oxidation sites excluding steroid dienone is 1.